The number of carbonyl (C=O) groups is 2. The normalized spacial score (nSPS) is 14.0. The molecule has 1 aliphatic rings. The van der Waals surface area contributed by atoms with E-state index in [0.29, 0.717) is 18.8 Å². The molecule has 1 heterocycles. The molecule has 2 amide bonds. The Bertz CT molecular complexity index is 871. The second-order valence-electron chi connectivity index (χ2n) is 7.40. The van der Waals surface area contributed by atoms with Gasteiger partial charge in [-0.25, -0.2) is 0 Å². The van der Waals surface area contributed by atoms with Crippen molar-refractivity contribution in [3.63, 3.8) is 0 Å². The molecular formula is C22H28N4O2. The van der Waals surface area contributed by atoms with Crippen LogP contribution < -0.4 is 15.1 Å². The largest absolute Gasteiger partial charge is 0.378 e. The van der Waals surface area contributed by atoms with Crippen LogP contribution in [0.1, 0.15) is 11.1 Å². The van der Waals surface area contributed by atoms with E-state index in [9.17, 15) is 9.59 Å². The molecule has 6 nitrogen and oxygen atoms in total. The summed E-state index contributed by atoms with van der Waals surface area (Å²) in [5, 5.41) is 2.72. The fourth-order valence-corrected chi connectivity index (χ4v) is 3.42. The van der Waals surface area contributed by atoms with Crippen LogP contribution in [0.25, 0.3) is 0 Å². The Balaban J connectivity index is 1.59. The number of nitrogens with one attached hydrogen (secondary N) is 1. The minimum atomic E-state index is -0.587. The lowest BCUT2D eigenvalue weighted by Crippen LogP contribution is -2.51. The van der Waals surface area contributed by atoms with Crippen molar-refractivity contribution in [3.05, 3.63) is 53.6 Å². The number of hydrogen-bond acceptors (Lipinski definition) is 4. The molecule has 2 aromatic carbocycles. The quantitative estimate of drug-likeness (QED) is 0.832. The monoisotopic (exact) mass is 380 g/mol. The molecule has 0 saturated carbocycles. The smallest absolute Gasteiger partial charge is 0.313 e. The maximum atomic E-state index is 12.6. The molecule has 0 bridgehead atoms. The Morgan fingerprint density at radius 3 is 2.32 bits per heavy atom. The van der Waals surface area contributed by atoms with Gasteiger partial charge in [-0.1, -0.05) is 18.2 Å². The fourth-order valence-electron chi connectivity index (χ4n) is 3.42. The van der Waals surface area contributed by atoms with Crippen LogP contribution in [0.2, 0.25) is 0 Å². The molecule has 0 unspecified atom stereocenters. The first kappa shape index (κ1) is 19.7. The first-order chi connectivity index (χ1) is 13.4. The molecule has 1 aliphatic heterocycles. The van der Waals surface area contributed by atoms with Gasteiger partial charge in [-0.3, -0.25) is 9.59 Å². The number of amides is 2. The van der Waals surface area contributed by atoms with Crippen molar-refractivity contribution < 1.29 is 9.59 Å². The summed E-state index contributed by atoms with van der Waals surface area (Å²) in [5.74, 6) is -1.06. The van der Waals surface area contributed by atoms with Gasteiger partial charge in [0.2, 0.25) is 0 Å². The number of rotatable bonds is 3. The Morgan fingerprint density at radius 2 is 1.64 bits per heavy atom. The lowest BCUT2D eigenvalue weighted by atomic mass is 10.1. The number of aryl methyl sites for hydroxylation is 1. The van der Waals surface area contributed by atoms with E-state index < -0.39 is 11.8 Å². The lowest BCUT2D eigenvalue weighted by Gasteiger charge is -2.36. The van der Waals surface area contributed by atoms with Crippen molar-refractivity contribution >= 4 is 28.9 Å². The van der Waals surface area contributed by atoms with E-state index in [1.807, 2.05) is 37.2 Å². The predicted molar refractivity (Wildman–Crippen MR) is 114 cm³/mol. The Kier molecular flexibility index (Phi) is 5.87. The Hall–Kier alpha value is -3.02. The molecule has 0 radical (unpaired) electrons. The molecule has 1 fully saturated rings. The fraction of sp³-hybridized carbons (Fsp3) is 0.364. The molecule has 0 atom stereocenters. The first-order valence-corrected chi connectivity index (χ1v) is 9.55. The van der Waals surface area contributed by atoms with Crippen molar-refractivity contribution in [2.24, 2.45) is 0 Å². The van der Waals surface area contributed by atoms with Crippen LogP contribution in [0.5, 0.6) is 0 Å². The molecule has 2 aromatic rings. The van der Waals surface area contributed by atoms with Crippen LogP contribution in [0.15, 0.2) is 42.5 Å². The summed E-state index contributed by atoms with van der Waals surface area (Å²) in [6.45, 7) is 6.75. The molecule has 6 heteroatoms. The topological polar surface area (TPSA) is 55.9 Å². The van der Waals surface area contributed by atoms with Crippen molar-refractivity contribution in [2.45, 2.75) is 13.8 Å². The number of benzene rings is 2. The molecule has 0 spiro atoms. The Labute approximate surface area is 166 Å². The zero-order chi connectivity index (χ0) is 20.3. The van der Waals surface area contributed by atoms with Gasteiger partial charge in [0, 0.05) is 57.3 Å². The summed E-state index contributed by atoms with van der Waals surface area (Å²) in [4.78, 5) is 30.8. The second kappa shape index (κ2) is 8.33. The van der Waals surface area contributed by atoms with Gasteiger partial charge >= 0.3 is 11.8 Å². The average Bonchev–Trinajstić information content (AvgIpc) is 2.70. The second-order valence-corrected chi connectivity index (χ2v) is 7.40. The van der Waals surface area contributed by atoms with Gasteiger partial charge in [0.05, 0.1) is 0 Å². The highest BCUT2D eigenvalue weighted by Crippen LogP contribution is 2.24. The number of hydrogen-bond donors (Lipinski definition) is 1. The highest BCUT2D eigenvalue weighted by molar-refractivity contribution is 6.39. The van der Waals surface area contributed by atoms with Gasteiger partial charge in [0.15, 0.2) is 0 Å². The average molecular weight is 380 g/mol. The number of anilines is 3. The van der Waals surface area contributed by atoms with Gasteiger partial charge in [-0.05, 0) is 49.2 Å². The summed E-state index contributed by atoms with van der Waals surface area (Å²) in [5.41, 5.74) is 5.32. The highest BCUT2D eigenvalue weighted by atomic mass is 16.2. The van der Waals surface area contributed by atoms with Crippen LogP contribution in [0.4, 0.5) is 17.1 Å². The van der Waals surface area contributed by atoms with Crippen molar-refractivity contribution in [1.29, 1.82) is 0 Å². The standard InChI is InChI=1S/C22H28N4O2/c1-16-7-5-10-20(17(16)2)25-11-13-26(14-12-25)22(28)21(27)23-18-8-6-9-19(15-18)24(3)4/h5-10,15H,11-14H2,1-4H3,(H,23,27). The van der Waals surface area contributed by atoms with E-state index in [1.54, 1.807) is 11.0 Å². The summed E-state index contributed by atoms with van der Waals surface area (Å²) < 4.78 is 0. The maximum absolute atomic E-state index is 12.6. The van der Waals surface area contributed by atoms with Crippen LogP contribution in [0.3, 0.4) is 0 Å². The minimum Gasteiger partial charge on any atom is -0.378 e. The molecule has 1 N–H and O–H groups in total. The maximum Gasteiger partial charge on any atom is 0.313 e. The van der Waals surface area contributed by atoms with E-state index in [0.717, 1.165) is 18.8 Å². The van der Waals surface area contributed by atoms with E-state index in [1.165, 1.54) is 16.8 Å². The van der Waals surface area contributed by atoms with Gasteiger partial charge in [-0.2, -0.15) is 0 Å². The summed E-state index contributed by atoms with van der Waals surface area (Å²) >= 11 is 0. The molecule has 3 rings (SSSR count). The number of nitrogens with zero attached hydrogens (tertiary/aromatic N) is 3. The van der Waals surface area contributed by atoms with E-state index in [-0.39, 0.29) is 0 Å². The first-order valence-electron chi connectivity index (χ1n) is 9.55. The summed E-state index contributed by atoms with van der Waals surface area (Å²) in [6, 6.07) is 13.7. The number of piperazine rings is 1. The zero-order valence-electron chi connectivity index (χ0n) is 17.0. The number of carbonyl (C=O) groups excluding carboxylic acids is 2. The van der Waals surface area contributed by atoms with Gasteiger partial charge < -0.3 is 20.0 Å². The van der Waals surface area contributed by atoms with Crippen molar-refractivity contribution in [1.82, 2.24) is 4.90 Å². The molecule has 0 aliphatic carbocycles. The van der Waals surface area contributed by atoms with Crippen LogP contribution in [0, 0.1) is 13.8 Å². The third-order valence-electron chi connectivity index (χ3n) is 5.30. The Morgan fingerprint density at radius 1 is 0.964 bits per heavy atom. The summed E-state index contributed by atoms with van der Waals surface area (Å²) in [6.07, 6.45) is 0. The third kappa shape index (κ3) is 4.27. The van der Waals surface area contributed by atoms with Crippen LogP contribution in [-0.4, -0.2) is 57.0 Å². The van der Waals surface area contributed by atoms with E-state index in [4.69, 9.17) is 0 Å². The summed E-state index contributed by atoms with van der Waals surface area (Å²) in [7, 11) is 3.86. The third-order valence-corrected chi connectivity index (χ3v) is 5.30. The van der Waals surface area contributed by atoms with Crippen molar-refractivity contribution in [3.8, 4) is 0 Å². The van der Waals surface area contributed by atoms with Crippen LogP contribution in [-0.2, 0) is 9.59 Å². The van der Waals surface area contributed by atoms with Gasteiger partial charge in [-0.15, -0.1) is 0 Å². The molecule has 1 saturated heterocycles. The highest BCUT2D eigenvalue weighted by Gasteiger charge is 2.26. The molecular weight excluding hydrogens is 352 g/mol. The van der Waals surface area contributed by atoms with Gasteiger partial charge in [0.1, 0.15) is 0 Å². The van der Waals surface area contributed by atoms with E-state index >= 15 is 0 Å². The zero-order valence-corrected chi connectivity index (χ0v) is 17.0. The van der Waals surface area contributed by atoms with Gasteiger partial charge in [0.25, 0.3) is 0 Å². The SMILES string of the molecule is Cc1cccc(N2CCN(C(=O)C(=O)Nc3cccc(N(C)C)c3)CC2)c1C. The molecule has 0 aromatic heterocycles. The molecule has 148 valence electrons. The van der Waals surface area contributed by atoms with E-state index in [2.05, 4.69) is 42.3 Å². The van der Waals surface area contributed by atoms with Crippen LogP contribution >= 0.6 is 0 Å². The van der Waals surface area contributed by atoms with Crippen molar-refractivity contribution in [2.75, 3.05) is 55.4 Å². The molecule has 28 heavy (non-hydrogen) atoms. The predicted octanol–water partition coefficient (Wildman–Crippen LogP) is 2.66. The lowest BCUT2D eigenvalue weighted by molar-refractivity contribution is -0.143. The minimum absolute atomic E-state index is 0.476.